The molecule has 0 aliphatic carbocycles. The van der Waals surface area contributed by atoms with Crippen molar-refractivity contribution >= 4 is 26.8 Å². The van der Waals surface area contributed by atoms with E-state index in [-0.39, 0.29) is 17.3 Å². The zero-order valence-corrected chi connectivity index (χ0v) is 17.6. The first-order chi connectivity index (χ1) is 14.9. The van der Waals surface area contributed by atoms with Crippen LogP contribution >= 0.6 is 0 Å². The Morgan fingerprint density at radius 1 is 1.10 bits per heavy atom. The van der Waals surface area contributed by atoms with E-state index in [1.165, 1.54) is 0 Å². The fourth-order valence-corrected chi connectivity index (χ4v) is 5.35. The van der Waals surface area contributed by atoms with Crippen molar-refractivity contribution in [3.63, 3.8) is 0 Å². The molecule has 0 radical (unpaired) electrons. The number of hydrogen-bond acceptors (Lipinski definition) is 4. The van der Waals surface area contributed by atoms with E-state index in [1.807, 2.05) is 31.2 Å². The van der Waals surface area contributed by atoms with Crippen molar-refractivity contribution in [1.29, 1.82) is 0 Å². The Hall–Kier alpha value is -3.43. The lowest BCUT2D eigenvalue weighted by atomic mass is 9.98. The molecular formula is C22H21N5O3S. The molecule has 3 heterocycles. The van der Waals surface area contributed by atoms with Crippen molar-refractivity contribution in [2.75, 3.05) is 6.54 Å². The average molecular weight is 436 g/mol. The van der Waals surface area contributed by atoms with Crippen LogP contribution in [0.2, 0.25) is 0 Å². The number of fused-ring (bicyclic) bond motifs is 3. The minimum atomic E-state index is -3.83. The maximum Gasteiger partial charge on any atom is 0.268 e. The van der Waals surface area contributed by atoms with Crippen LogP contribution in [-0.4, -0.2) is 41.7 Å². The van der Waals surface area contributed by atoms with Crippen LogP contribution in [0, 0.1) is 6.92 Å². The number of carbonyl (C=O) groups excluding carboxylic acids is 1. The van der Waals surface area contributed by atoms with Gasteiger partial charge in [-0.1, -0.05) is 35.9 Å². The third kappa shape index (κ3) is 3.41. The summed E-state index contributed by atoms with van der Waals surface area (Å²) in [5.41, 5.74) is 2.91. The molecule has 0 saturated carbocycles. The first-order valence-corrected chi connectivity index (χ1v) is 11.4. The first kappa shape index (κ1) is 19.5. The van der Waals surface area contributed by atoms with Gasteiger partial charge in [0.05, 0.1) is 17.0 Å². The van der Waals surface area contributed by atoms with Crippen molar-refractivity contribution in [3.8, 4) is 0 Å². The van der Waals surface area contributed by atoms with E-state index >= 15 is 0 Å². The number of hydrogen-bond donors (Lipinski definition) is 3. The molecule has 1 aliphatic rings. The second-order valence-electron chi connectivity index (χ2n) is 7.64. The molecule has 4 aromatic rings. The van der Waals surface area contributed by atoms with E-state index < -0.39 is 22.1 Å². The van der Waals surface area contributed by atoms with E-state index in [4.69, 9.17) is 0 Å². The quantitative estimate of drug-likeness (QED) is 0.457. The first-order valence-electron chi connectivity index (χ1n) is 9.91. The van der Waals surface area contributed by atoms with E-state index in [0.29, 0.717) is 11.3 Å². The topological polar surface area (TPSA) is 109 Å². The fourth-order valence-electron chi connectivity index (χ4n) is 4.11. The van der Waals surface area contributed by atoms with Crippen LogP contribution in [0.4, 0.5) is 0 Å². The van der Waals surface area contributed by atoms with E-state index in [2.05, 4.69) is 20.1 Å². The van der Waals surface area contributed by atoms with Gasteiger partial charge in [0.25, 0.3) is 5.91 Å². The molecule has 0 bridgehead atoms. The number of sulfonamides is 1. The number of nitrogens with one attached hydrogen (secondary N) is 3. The van der Waals surface area contributed by atoms with Gasteiger partial charge in [-0.3, -0.25) is 9.48 Å². The van der Waals surface area contributed by atoms with E-state index in [9.17, 15) is 13.2 Å². The van der Waals surface area contributed by atoms with Crippen LogP contribution in [0.25, 0.3) is 10.9 Å². The number of para-hydroxylation sites is 1. The van der Waals surface area contributed by atoms with Crippen molar-refractivity contribution in [2.24, 2.45) is 0 Å². The highest BCUT2D eigenvalue weighted by atomic mass is 32.2. The lowest BCUT2D eigenvalue weighted by Crippen LogP contribution is -2.47. The zero-order chi connectivity index (χ0) is 21.6. The van der Waals surface area contributed by atoms with Gasteiger partial charge in [-0.2, -0.15) is 5.10 Å². The number of carbonyl (C=O) groups is 1. The number of H-pyrrole nitrogens is 1. The Balaban J connectivity index is 1.65. The van der Waals surface area contributed by atoms with Gasteiger partial charge in [0.15, 0.2) is 0 Å². The van der Waals surface area contributed by atoms with Crippen LogP contribution in [0.1, 0.15) is 27.7 Å². The lowest BCUT2D eigenvalue weighted by molar-refractivity contribution is 0.0949. The molecule has 0 fully saturated rings. The van der Waals surface area contributed by atoms with Crippen LogP contribution in [-0.2, 0) is 10.0 Å². The number of nitrogens with zero attached hydrogens (tertiary/aromatic N) is 2. The highest BCUT2D eigenvalue weighted by Crippen LogP contribution is 2.34. The molecule has 0 unspecified atom stereocenters. The fraction of sp³-hybridized carbons (Fsp3) is 0.182. The third-order valence-corrected chi connectivity index (χ3v) is 7.09. The molecule has 31 heavy (non-hydrogen) atoms. The molecule has 2 aromatic carbocycles. The summed E-state index contributed by atoms with van der Waals surface area (Å²) < 4.78 is 30.9. The number of amides is 1. The molecule has 8 nitrogen and oxygen atoms in total. The second-order valence-corrected chi connectivity index (χ2v) is 9.36. The standard InChI is InChI=1S/C22H21N5O3S/c1-14-7-9-15(10-8-14)31(29,30)26-18-13-23-22(28)20-19(21(18)27-12-4-11-24-27)16-5-2-3-6-17(16)25-20/h2-12,18,21,25-26H,13H2,1H3,(H,23,28)/t18-,21+/m1/s1. The van der Waals surface area contributed by atoms with Gasteiger partial charge in [-0.25, -0.2) is 13.1 Å². The Morgan fingerprint density at radius 2 is 1.87 bits per heavy atom. The molecule has 2 atom stereocenters. The van der Waals surface area contributed by atoms with E-state index in [0.717, 1.165) is 16.5 Å². The molecular weight excluding hydrogens is 414 g/mol. The smallest absolute Gasteiger partial charge is 0.268 e. The minimum Gasteiger partial charge on any atom is -0.350 e. The highest BCUT2D eigenvalue weighted by molar-refractivity contribution is 7.89. The number of rotatable bonds is 4. The number of aromatic nitrogens is 3. The highest BCUT2D eigenvalue weighted by Gasteiger charge is 2.37. The van der Waals surface area contributed by atoms with Gasteiger partial charge in [-0.05, 0) is 31.2 Å². The van der Waals surface area contributed by atoms with Crippen molar-refractivity contribution < 1.29 is 13.2 Å². The Labute approximate surface area is 179 Å². The molecule has 158 valence electrons. The Bertz CT molecular complexity index is 1360. The lowest BCUT2D eigenvalue weighted by Gasteiger charge is -2.27. The molecule has 9 heteroatoms. The van der Waals surface area contributed by atoms with Crippen molar-refractivity contribution in [1.82, 2.24) is 24.8 Å². The molecule has 0 spiro atoms. The summed E-state index contributed by atoms with van der Waals surface area (Å²) in [6.45, 7) is 2.02. The second kappa shape index (κ2) is 7.36. The van der Waals surface area contributed by atoms with Crippen LogP contribution in [0.3, 0.4) is 0 Å². The molecule has 1 amide bonds. The maximum atomic E-state index is 13.2. The molecule has 1 aliphatic heterocycles. The maximum absolute atomic E-state index is 13.2. The summed E-state index contributed by atoms with van der Waals surface area (Å²) in [4.78, 5) is 16.2. The average Bonchev–Trinajstić information content (AvgIpc) is 3.39. The van der Waals surface area contributed by atoms with Gasteiger partial charge in [0.2, 0.25) is 10.0 Å². The normalized spacial score (nSPS) is 19.1. The van der Waals surface area contributed by atoms with Gasteiger partial charge in [-0.15, -0.1) is 0 Å². The van der Waals surface area contributed by atoms with Gasteiger partial charge in [0, 0.05) is 35.4 Å². The molecule has 3 N–H and O–H groups in total. The molecule has 5 rings (SSSR count). The SMILES string of the molecule is Cc1ccc(S(=O)(=O)N[C@@H]2CNC(=O)c3[nH]c4ccccc4c3[C@H]2n2cccn2)cc1. The Morgan fingerprint density at radius 3 is 2.61 bits per heavy atom. The van der Waals surface area contributed by atoms with Crippen LogP contribution < -0.4 is 10.0 Å². The monoisotopic (exact) mass is 435 g/mol. The van der Waals surface area contributed by atoms with Crippen LogP contribution in [0.5, 0.6) is 0 Å². The summed E-state index contributed by atoms with van der Waals surface area (Å²) in [5, 5.41) is 8.09. The number of aryl methyl sites for hydroxylation is 1. The number of aromatic amines is 1. The predicted molar refractivity (Wildman–Crippen MR) is 116 cm³/mol. The largest absolute Gasteiger partial charge is 0.350 e. The summed E-state index contributed by atoms with van der Waals surface area (Å²) >= 11 is 0. The minimum absolute atomic E-state index is 0.116. The van der Waals surface area contributed by atoms with E-state index in [1.54, 1.807) is 47.4 Å². The summed E-state index contributed by atoms with van der Waals surface area (Å²) in [7, 11) is -3.83. The summed E-state index contributed by atoms with van der Waals surface area (Å²) in [6.07, 6.45) is 3.42. The van der Waals surface area contributed by atoms with Gasteiger partial charge < -0.3 is 10.3 Å². The molecule has 2 aromatic heterocycles. The third-order valence-electron chi connectivity index (χ3n) is 5.58. The van der Waals surface area contributed by atoms with Gasteiger partial charge in [0.1, 0.15) is 5.69 Å². The predicted octanol–water partition coefficient (Wildman–Crippen LogP) is 2.35. The van der Waals surface area contributed by atoms with Crippen LogP contribution in [0.15, 0.2) is 71.9 Å². The van der Waals surface area contributed by atoms with Crippen molar-refractivity contribution in [3.05, 3.63) is 83.8 Å². The molecule has 0 saturated heterocycles. The number of benzene rings is 2. The summed E-state index contributed by atoms with van der Waals surface area (Å²) in [6, 6.07) is 14.9. The Kier molecular flexibility index (Phi) is 4.64. The van der Waals surface area contributed by atoms with Gasteiger partial charge >= 0.3 is 0 Å². The van der Waals surface area contributed by atoms with Crippen molar-refractivity contribution in [2.45, 2.75) is 23.9 Å². The summed E-state index contributed by atoms with van der Waals surface area (Å²) in [5.74, 6) is -0.277. The zero-order valence-electron chi connectivity index (χ0n) is 16.7.